The first kappa shape index (κ1) is 28.8. The predicted molar refractivity (Wildman–Crippen MR) is 166 cm³/mol. The number of amides is 3. The Kier molecular flexibility index (Phi) is 8.22. The Morgan fingerprint density at radius 1 is 0.833 bits per heavy atom. The van der Waals surface area contributed by atoms with Crippen molar-refractivity contribution in [1.29, 1.82) is 0 Å². The minimum atomic E-state index is -0.760. The zero-order valence-electron chi connectivity index (χ0n) is 24.2. The average molecular weight is 561 g/mol. The van der Waals surface area contributed by atoms with E-state index < -0.39 is 6.04 Å². The monoisotopic (exact) mass is 560 g/mol. The van der Waals surface area contributed by atoms with E-state index in [0.717, 1.165) is 22.3 Å². The second-order valence-corrected chi connectivity index (χ2v) is 11.6. The maximum Gasteiger partial charge on any atom is 0.259 e. The molecule has 214 valence electrons. The molecule has 3 amide bonds. The molecule has 5 rings (SSSR count). The first-order valence-corrected chi connectivity index (χ1v) is 14.1. The van der Waals surface area contributed by atoms with E-state index in [1.807, 2.05) is 78.9 Å². The van der Waals surface area contributed by atoms with Crippen LogP contribution in [0.5, 0.6) is 0 Å². The summed E-state index contributed by atoms with van der Waals surface area (Å²) in [4.78, 5) is 42.2. The van der Waals surface area contributed by atoms with Crippen molar-refractivity contribution in [2.24, 2.45) is 5.73 Å². The van der Waals surface area contributed by atoms with Crippen molar-refractivity contribution in [2.45, 2.75) is 51.7 Å². The fraction of sp³-hybridized carbons (Fsp3) is 0.229. The van der Waals surface area contributed by atoms with E-state index in [0.29, 0.717) is 42.0 Å². The number of nitrogens with zero attached hydrogens (tertiary/aromatic N) is 1. The molecule has 1 atom stereocenters. The number of fused-ring (bicyclic) bond motifs is 1. The molecular weight excluding hydrogens is 524 g/mol. The van der Waals surface area contributed by atoms with E-state index >= 15 is 0 Å². The molecule has 4 N–H and O–H groups in total. The standard InChI is InChI=1S/C35H36N4O3/c1-35(2,3)28-15-12-26(13-16-28)34(42)39-30-17-14-27(32(40)37-22-25-11-7-10-24(18-25)21-36)20-29(30)38-33(41)31(39)19-23-8-5-4-6-9-23/h4-18,20,31H,19,21-22,36H2,1-3H3,(H,37,40)(H,38,41). The summed E-state index contributed by atoms with van der Waals surface area (Å²) in [6.07, 6.45) is 0.349. The van der Waals surface area contributed by atoms with Gasteiger partial charge in [0.05, 0.1) is 11.4 Å². The van der Waals surface area contributed by atoms with Gasteiger partial charge in [-0.25, -0.2) is 0 Å². The van der Waals surface area contributed by atoms with Gasteiger partial charge in [-0.3, -0.25) is 19.3 Å². The summed E-state index contributed by atoms with van der Waals surface area (Å²) in [7, 11) is 0. The number of nitrogens with one attached hydrogen (secondary N) is 2. The molecule has 4 aromatic rings. The van der Waals surface area contributed by atoms with Crippen LogP contribution in [0.25, 0.3) is 0 Å². The van der Waals surface area contributed by atoms with Gasteiger partial charge in [0.25, 0.3) is 11.8 Å². The smallest absolute Gasteiger partial charge is 0.259 e. The van der Waals surface area contributed by atoms with Crippen LogP contribution < -0.4 is 21.3 Å². The molecule has 1 aliphatic heterocycles. The van der Waals surface area contributed by atoms with Gasteiger partial charge >= 0.3 is 0 Å². The molecular formula is C35H36N4O3. The quantitative estimate of drug-likeness (QED) is 0.274. The zero-order chi connectivity index (χ0) is 29.9. The first-order valence-electron chi connectivity index (χ1n) is 14.1. The van der Waals surface area contributed by atoms with Crippen LogP contribution in [0.2, 0.25) is 0 Å². The van der Waals surface area contributed by atoms with Crippen LogP contribution in [0.3, 0.4) is 0 Å². The highest BCUT2D eigenvalue weighted by Crippen LogP contribution is 2.35. The van der Waals surface area contributed by atoms with Crippen LogP contribution in [0.4, 0.5) is 11.4 Å². The minimum absolute atomic E-state index is 0.0563. The Balaban J connectivity index is 1.45. The zero-order valence-corrected chi connectivity index (χ0v) is 24.2. The SMILES string of the molecule is CC(C)(C)c1ccc(C(=O)N2c3ccc(C(=O)NCc4cccc(CN)c4)cc3NC(=O)C2Cc2ccccc2)cc1. The Morgan fingerprint density at radius 3 is 2.19 bits per heavy atom. The molecule has 1 unspecified atom stereocenters. The average Bonchev–Trinajstić information content (AvgIpc) is 3.00. The topological polar surface area (TPSA) is 105 Å². The summed E-state index contributed by atoms with van der Waals surface area (Å²) in [5, 5.41) is 5.88. The number of carbonyl (C=O) groups excluding carboxylic acids is 3. The summed E-state index contributed by atoms with van der Waals surface area (Å²) in [5.74, 6) is -0.862. The predicted octanol–water partition coefficient (Wildman–Crippen LogP) is 5.58. The van der Waals surface area contributed by atoms with Crippen LogP contribution in [0.1, 0.15) is 63.7 Å². The van der Waals surface area contributed by atoms with Crippen LogP contribution in [-0.2, 0) is 29.7 Å². The molecule has 0 saturated carbocycles. The van der Waals surface area contributed by atoms with E-state index in [1.54, 1.807) is 23.1 Å². The Bertz CT molecular complexity index is 1610. The van der Waals surface area contributed by atoms with E-state index in [9.17, 15) is 14.4 Å². The largest absolute Gasteiger partial charge is 0.348 e. The molecule has 1 aliphatic rings. The second-order valence-electron chi connectivity index (χ2n) is 11.6. The Hall–Kier alpha value is -4.75. The van der Waals surface area contributed by atoms with Crippen molar-refractivity contribution in [3.63, 3.8) is 0 Å². The van der Waals surface area contributed by atoms with Gasteiger partial charge in [0.1, 0.15) is 6.04 Å². The van der Waals surface area contributed by atoms with Crippen molar-refractivity contribution in [3.05, 3.63) is 130 Å². The number of rotatable bonds is 7. The normalized spacial score (nSPS) is 14.6. The summed E-state index contributed by atoms with van der Waals surface area (Å²) < 4.78 is 0. The van der Waals surface area contributed by atoms with Crippen molar-refractivity contribution < 1.29 is 14.4 Å². The maximum absolute atomic E-state index is 14.1. The van der Waals surface area contributed by atoms with Gasteiger partial charge in [0.15, 0.2) is 0 Å². The van der Waals surface area contributed by atoms with Gasteiger partial charge in [0, 0.05) is 30.6 Å². The highest BCUT2D eigenvalue weighted by atomic mass is 16.2. The number of nitrogens with two attached hydrogens (primary N) is 1. The molecule has 7 nitrogen and oxygen atoms in total. The van der Waals surface area contributed by atoms with Crippen molar-refractivity contribution in [3.8, 4) is 0 Å². The van der Waals surface area contributed by atoms with Gasteiger partial charge < -0.3 is 16.4 Å². The van der Waals surface area contributed by atoms with Gasteiger partial charge in [-0.2, -0.15) is 0 Å². The molecule has 0 fully saturated rings. The van der Waals surface area contributed by atoms with Gasteiger partial charge in [-0.1, -0.05) is 87.5 Å². The molecule has 0 radical (unpaired) electrons. The highest BCUT2D eigenvalue weighted by Gasteiger charge is 2.38. The lowest BCUT2D eigenvalue weighted by Crippen LogP contribution is -2.52. The molecule has 0 spiro atoms. The van der Waals surface area contributed by atoms with E-state index in [4.69, 9.17) is 5.73 Å². The van der Waals surface area contributed by atoms with E-state index in [1.165, 1.54) is 0 Å². The molecule has 0 saturated heterocycles. The number of hydrogen-bond donors (Lipinski definition) is 3. The molecule has 4 aromatic carbocycles. The van der Waals surface area contributed by atoms with Crippen LogP contribution in [0.15, 0.2) is 97.1 Å². The summed E-state index contributed by atoms with van der Waals surface area (Å²) >= 11 is 0. The third-order valence-corrected chi connectivity index (χ3v) is 7.56. The minimum Gasteiger partial charge on any atom is -0.348 e. The molecule has 0 aliphatic carbocycles. The number of carbonyl (C=O) groups is 3. The maximum atomic E-state index is 14.1. The van der Waals surface area contributed by atoms with Crippen molar-refractivity contribution in [1.82, 2.24) is 5.32 Å². The Labute approximate surface area is 246 Å². The fourth-order valence-corrected chi connectivity index (χ4v) is 5.16. The third-order valence-electron chi connectivity index (χ3n) is 7.56. The molecule has 1 heterocycles. The Morgan fingerprint density at radius 2 is 1.50 bits per heavy atom. The van der Waals surface area contributed by atoms with Crippen LogP contribution >= 0.6 is 0 Å². The summed E-state index contributed by atoms with van der Waals surface area (Å²) in [6.45, 7) is 7.12. The van der Waals surface area contributed by atoms with Crippen molar-refractivity contribution in [2.75, 3.05) is 10.2 Å². The highest BCUT2D eigenvalue weighted by molar-refractivity contribution is 6.17. The lowest BCUT2D eigenvalue weighted by atomic mass is 9.86. The van der Waals surface area contributed by atoms with Crippen LogP contribution in [-0.4, -0.2) is 23.8 Å². The van der Waals surface area contributed by atoms with Crippen molar-refractivity contribution >= 4 is 29.1 Å². The lowest BCUT2D eigenvalue weighted by Gasteiger charge is -2.37. The molecule has 0 bridgehead atoms. The number of anilines is 2. The van der Waals surface area contributed by atoms with Gasteiger partial charge in [0.2, 0.25) is 5.91 Å². The lowest BCUT2D eigenvalue weighted by molar-refractivity contribution is -0.117. The van der Waals surface area contributed by atoms with Crippen LogP contribution in [0, 0.1) is 0 Å². The number of hydrogen-bond acceptors (Lipinski definition) is 4. The molecule has 7 heteroatoms. The second kappa shape index (κ2) is 12.0. The van der Waals surface area contributed by atoms with E-state index in [2.05, 4.69) is 31.4 Å². The first-order chi connectivity index (χ1) is 20.1. The summed E-state index contributed by atoms with van der Waals surface area (Å²) in [5.41, 5.74) is 11.5. The van der Waals surface area contributed by atoms with Gasteiger partial charge in [-0.05, 0) is 58.0 Å². The number of benzene rings is 4. The van der Waals surface area contributed by atoms with E-state index in [-0.39, 0.29) is 23.1 Å². The molecule has 42 heavy (non-hydrogen) atoms. The summed E-state index contributed by atoms with van der Waals surface area (Å²) in [6, 6.07) is 29.2. The molecule has 0 aromatic heterocycles. The fourth-order valence-electron chi connectivity index (χ4n) is 5.16. The van der Waals surface area contributed by atoms with Gasteiger partial charge in [-0.15, -0.1) is 0 Å². The third kappa shape index (κ3) is 6.26.